The van der Waals surface area contributed by atoms with E-state index in [0.717, 1.165) is 18.3 Å². The van der Waals surface area contributed by atoms with Gasteiger partial charge in [-0.1, -0.05) is 30.3 Å². The van der Waals surface area contributed by atoms with Crippen LogP contribution in [-0.4, -0.2) is 24.7 Å². The molecule has 0 radical (unpaired) electrons. The number of hydrogen-bond acceptors (Lipinski definition) is 4. The van der Waals surface area contributed by atoms with Crippen LogP contribution in [0.25, 0.3) is 10.8 Å². The van der Waals surface area contributed by atoms with Gasteiger partial charge in [-0.15, -0.1) is 0 Å². The van der Waals surface area contributed by atoms with Crippen molar-refractivity contribution >= 4 is 16.7 Å². The molecule has 2 N–H and O–H groups in total. The second kappa shape index (κ2) is 6.26. The Morgan fingerprint density at radius 2 is 2.09 bits per heavy atom. The van der Waals surface area contributed by atoms with E-state index >= 15 is 0 Å². The lowest BCUT2D eigenvalue weighted by Gasteiger charge is -2.17. The molecule has 22 heavy (non-hydrogen) atoms. The Balaban J connectivity index is 1.90. The summed E-state index contributed by atoms with van der Waals surface area (Å²) in [7, 11) is 0. The Morgan fingerprint density at radius 3 is 2.82 bits per heavy atom. The van der Waals surface area contributed by atoms with Crippen molar-refractivity contribution in [2.24, 2.45) is 4.99 Å². The Labute approximate surface area is 131 Å². The summed E-state index contributed by atoms with van der Waals surface area (Å²) in [6, 6.07) is 13.0. The molecule has 1 aliphatic heterocycles. The second-order valence-corrected chi connectivity index (χ2v) is 6.02. The molecule has 0 spiro atoms. The van der Waals surface area contributed by atoms with Crippen molar-refractivity contribution in [2.75, 3.05) is 6.54 Å². The van der Waals surface area contributed by atoms with Crippen LogP contribution in [0.2, 0.25) is 0 Å². The maximum Gasteiger partial charge on any atom is 0.191 e. The Morgan fingerprint density at radius 1 is 1.27 bits per heavy atom. The average Bonchev–Trinajstić information content (AvgIpc) is 2.91. The predicted octanol–water partition coefficient (Wildman–Crippen LogP) is 3.06. The summed E-state index contributed by atoms with van der Waals surface area (Å²) in [6.45, 7) is 7.76. The number of aliphatic imine (C=N–C) groups is 1. The first-order chi connectivity index (χ1) is 10.6. The van der Waals surface area contributed by atoms with Gasteiger partial charge in [0.25, 0.3) is 0 Å². The van der Waals surface area contributed by atoms with E-state index in [2.05, 4.69) is 72.8 Å². The van der Waals surface area contributed by atoms with Gasteiger partial charge in [0.2, 0.25) is 0 Å². The van der Waals surface area contributed by atoms with Crippen molar-refractivity contribution in [3.63, 3.8) is 0 Å². The summed E-state index contributed by atoms with van der Waals surface area (Å²) in [5.74, 6) is 1.81. The Hall–Kier alpha value is -2.23. The van der Waals surface area contributed by atoms with E-state index in [4.69, 9.17) is 4.74 Å². The van der Waals surface area contributed by atoms with Crippen LogP contribution in [0.1, 0.15) is 26.3 Å². The molecule has 4 nitrogen and oxygen atoms in total. The fourth-order valence-electron chi connectivity index (χ4n) is 2.69. The van der Waals surface area contributed by atoms with E-state index in [1.165, 1.54) is 16.3 Å². The van der Waals surface area contributed by atoms with Gasteiger partial charge in [-0.3, -0.25) is 4.99 Å². The number of hydrogen-bond donors (Lipinski definition) is 2. The minimum absolute atomic E-state index is 0.155. The summed E-state index contributed by atoms with van der Waals surface area (Å²) in [6.07, 6.45) is 0.155. The van der Waals surface area contributed by atoms with Gasteiger partial charge in [-0.25, -0.2) is 0 Å². The topological polar surface area (TPSA) is 45.7 Å². The summed E-state index contributed by atoms with van der Waals surface area (Å²) < 4.78 is 5.99. The normalized spacial score (nSPS) is 17.5. The van der Waals surface area contributed by atoms with Crippen molar-refractivity contribution < 1.29 is 4.74 Å². The fraction of sp³-hybridized carbons (Fsp3) is 0.389. The summed E-state index contributed by atoms with van der Waals surface area (Å²) in [5, 5.41) is 9.17. The molecule has 0 saturated heterocycles. The molecule has 1 aliphatic rings. The standard InChI is InChI=1S/C18H23N3O/c1-12(2)22-17-9-8-14-6-4-5-7-15(14)16(17)11-20-18-19-10-13(3)21-18/h4-9,12-13H,10-11H2,1-3H3,(H2,19,20,21). The van der Waals surface area contributed by atoms with Gasteiger partial charge in [0, 0.05) is 18.2 Å². The molecular formula is C18H23N3O. The van der Waals surface area contributed by atoms with Gasteiger partial charge in [0.15, 0.2) is 5.96 Å². The lowest BCUT2D eigenvalue weighted by atomic mass is 10.0. The highest BCUT2D eigenvalue weighted by Crippen LogP contribution is 2.28. The van der Waals surface area contributed by atoms with E-state index < -0.39 is 0 Å². The molecule has 0 fully saturated rings. The third kappa shape index (κ3) is 3.16. The van der Waals surface area contributed by atoms with Gasteiger partial charge in [0.05, 0.1) is 12.6 Å². The number of benzene rings is 2. The van der Waals surface area contributed by atoms with Crippen LogP contribution >= 0.6 is 0 Å². The zero-order valence-corrected chi connectivity index (χ0v) is 13.4. The highest BCUT2D eigenvalue weighted by Gasteiger charge is 2.14. The summed E-state index contributed by atoms with van der Waals surface area (Å²) in [5.41, 5.74) is 1.18. The first-order valence-electron chi connectivity index (χ1n) is 7.85. The van der Waals surface area contributed by atoms with Gasteiger partial charge in [-0.05, 0) is 37.6 Å². The van der Waals surface area contributed by atoms with E-state index in [1.54, 1.807) is 0 Å². The molecule has 4 heteroatoms. The highest BCUT2D eigenvalue weighted by molar-refractivity contribution is 5.88. The number of guanidine groups is 1. The van der Waals surface area contributed by atoms with Crippen LogP contribution in [0.15, 0.2) is 41.4 Å². The molecule has 1 unspecified atom stereocenters. The number of nitrogens with zero attached hydrogens (tertiary/aromatic N) is 1. The molecule has 0 aromatic heterocycles. The molecule has 1 atom stereocenters. The van der Waals surface area contributed by atoms with Gasteiger partial charge in [-0.2, -0.15) is 0 Å². The number of nitrogens with one attached hydrogen (secondary N) is 2. The van der Waals surface area contributed by atoms with Gasteiger partial charge in [0.1, 0.15) is 5.75 Å². The fourth-order valence-corrected chi connectivity index (χ4v) is 2.69. The monoisotopic (exact) mass is 297 g/mol. The van der Waals surface area contributed by atoms with Crippen LogP contribution in [0.4, 0.5) is 0 Å². The second-order valence-electron chi connectivity index (χ2n) is 6.02. The molecule has 3 rings (SSSR count). The van der Waals surface area contributed by atoms with Crippen molar-refractivity contribution in [3.8, 4) is 5.75 Å². The maximum absolute atomic E-state index is 5.99. The molecule has 0 amide bonds. The third-order valence-electron chi connectivity index (χ3n) is 3.70. The Kier molecular flexibility index (Phi) is 4.18. The largest absolute Gasteiger partial charge is 0.491 e. The van der Waals surface area contributed by atoms with Crippen LogP contribution in [-0.2, 0) is 6.54 Å². The first-order valence-corrected chi connectivity index (χ1v) is 7.85. The molecule has 116 valence electrons. The van der Waals surface area contributed by atoms with Crippen LogP contribution in [0.5, 0.6) is 5.75 Å². The maximum atomic E-state index is 5.99. The number of ether oxygens (including phenoxy) is 1. The van der Waals surface area contributed by atoms with Crippen molar-refractivity contribution in [3.05, 3.63) is 42.0 Å². The van der Waals surface area contributed by atoms with Crippen LogP contribution in [0, 0.1) is 0 Å². The minimum atomic E-state index is 0.155. The smallest absolute Gasteiger partial charge is 0.191 e. The highest BCUT2D eigenvalue weighted by atomic mass is 16.5. The first kappa shape index (κ1) is 14.7. The van der Waals surface area contributed by atoms with Crippen molar-refractivity contribution in [2.45, 2.75) is 39.5 Å². The lowest BCUT2D eigenvalue weighted by molar-refractivity contribution is 0.240. The van der Waals surface area contributed by atoms with Gasteiger partial charge < -0.3 is 15.4 Å². The predicted molar refractivity (Wildman–Crippen MR) is 91.5 cm³/mol. The zero-order valence-electron chi connectivity index (χ0n) is 13.4. The summed E-state index contributed by atoms with van der Waals surface area (Å²) >= 11 is 0. The molecule has 1 heterocycles. The van der Waals surface area contributed by atoms with E-state index in [0.29, 0.717) is 12.6 Å². The minimum Gasteiger partial charge on any atom is -0.491 e. The molecule has 2 aromatic rings. The van der Waals surface area contributed by atoms with E-state index in [-0.39, 0.29) is 6.10 Å². The van der Waals surface area contributed by atoms with Crippen molar-refractivity contribution in [1.82, 2.24) is 10.6 Å². The SMILES string of the molecule is CC1CN=C(NCc2c(OC(C)C)ccc3ccccc23)N1. The average molecular weight is 297 g/mol. The Bertz CT molecular complexity index is 694. The lowest BCUT2D eigenvalue weighted by Crippen LogP contribution is -2.37. The molecule has 0 saturated carbocycles. The quantitative estimate of drug-likeness (QED) is 0.911. The number of fused-ring (bicyclic) bond motifs is 1. The van der Waals surface area contributed by atoms with Crippen LogP contribution in [0.3, 0.4) is 0 Å². The third-order valence-corrected chi connectivity index (χ3v) is 3.70. The summed E-state index contributed by atoms with van der Waals surface area (Å²) in [4.78, 5) is 4.46. The molecule has 0 bridgehead atoms. The van der Waals surface area contributed by atoms with E-state index in [1.807, 2.05) is 0 Å². The van der Waals surface area contributed by atoms with E-state index in [9.17, 15) is 0 Å². The van der Waals surface area contributed by atoms with Crippen molar-refractivity contribution in [1.29, 1.82) is 0 Å². The molecule has 2 aromatic carbocycles. The molecular weight excluding hydrogens is 274 g/mol. The van der Waals surface area contributed by atoms with Gasteiger partial charge >= 0.3 is 0 Å². The zero-order chi connectivity index (χ0) is 15.5. The number of rotatable bonds is 4. The van der Waals surface area contributed by atoms with Crippen LogP contribution < -0.4 is 15.4 Å². The molecule has 0 aliphatic carbocycles.